The van der Waals surface area contributed by atoms with E-state index in [0.29, 0.717) is 26.0 Å². The zero-order valence-corrected chi connectivity index (χ0v) is 17.1. The number of nitrogens with zero attached hydrogens (tertiary/aromatic N) is 2. The number of carbonyl (C=O) groups excluding carboxylic acids is 2. The first-order chi connectivity index (χ1) is 13.5. The molecule has 0 N–H and O–H groups in total. The predicted molar refractivity (Wildman–Crippen MR) is 107 cm³/mol. The Balaban J connectivity index is 1.57. The van der Waals surface area contributed by atoms with Crippen LogP contribution in [0.15, 0.2) is 24.3 Å². The maximum atomic E-state index is 12.9. The summed E-state index contributed by atoms with van der Waals surface area (Å²) in [5.74, 6) is 1.25. The van der Waals surface area contributed by atoms with Crippen molar-refractivity contribution in [2.45, 2.75) is 38.5 Å². The molecule has 2 heterocycles. The van der Waals surface area contributed by atoms with E-state index in [9.17, 15) is 9.59 Å². The van der Waals surface area contributed by atoms with Gasteiger partial charge in [-0.15, -0.1) is 0 Å². The molecule has 6 heteroatoms. The molecule has 1 aromatic rings. The quantitative estimate of drug-likeness (QED) is 0.720. The highest BCUT2D eigenvalue weighted by atomic mass is 16.5. The normalized spacial score (nSPS) is 22.6. The van der Waals surface area contributed by atoms with Crippen LogP contribution in [-0.4, -0.2) is 68.6 Å². The number of likely N-dealkylation sites (tertiary alicyclic amines) is 2. The molecule has 3 rings (SSSR count). The fraction of sp³-hybridized carbons (Fsp3) is 0.636. The van der Waals surface area contributed by atoms with Crippen molar-refractivity contribution in [1.29, 1.82) is 0 Å². The number of methoxy groups -OCH3 is 2. The van der Waals surface area contributed by atoms with Crippen LogP contribution in [0.4, 0.5) is 0 Å². The van der Waals surface area contributed by atoms with Crippen LogP contribution >= 0.6 is 0 Å². The molecule has 0 aromatic heterocycles. The van der Waals surface area contributed by atoms with Crippen molar-refractivity contribution in [3.63, 3.8) is 0 Å². The molecule has 2 amide bonds. The van der Waals surface area contributed by atoms with Crippen LogP contribution in [0.5, 0.6) is 5.75 Å². The molecular formula is C22H32N2O4. The fourth-order valence-electron chi connectivity index (χ4n) is 4.50. The Morgan fingerprint density at radius 2 is 2.07 bits per heavy atom. The first kappa shape index (κ1) is 20.6. The summed E-state index contributed by atoms with van der Waals surface area (Å²) in [6.07, 6.45) is 4.79. The summed E-state index contributed by atoms with van der Waals surface area (Å²) < 4.78 is 10.4. The lowest BCUT2D eigenvalue weighted by molar-refractivity contribution is -0.143. The molecule has 0 aliphatic carbocycles. The lowest BCUT2D eigenvalue weighted by Crippen LogP contribution is -2.55. The van der Waals surface area contributed by atoms with Gasteiger partial charge in [-0.1, -0.05) is 12.1 Å². The van der Waals surface area contributed by atoms with Crippen LogP contribution in [0.3, 0.4) is 0 Å². The molecule has 1 aromatic carbocycles. The molecule has 2 saturated heterocycles. The standard InChI is InChI=1S/C22H32N2O4/c1-27-14-13-24-17-22(11-9-21(24)26)10-4-12-23(16-22)20(25)8-7-18-5-3-6-19(15-18)28-2/h3,5-6,15H,4,7-14,16-17H2,1-2H3. The Bertz CT molecular complexity index is 693. The minimum atomic E-state index is 0.0472. The summed E-state index contributed by atoms with van der Waals surface area (Å²) in [7, 11) is 3.32. The summed E-state index contributed by atoms with van der Waals surface area (Å²) in [5.41, 5.74) is 1.17. The lowest BCUT2D eigenvalue weighted by atomic mass is 9.73. The number of benzene rings is 1. The Kier molecular flexibility index (Phi) is 6.94. The van der Waals surface area contributed by atoms with Crippen LogP contribution in [0.1, 0.15) is 37.7 Å². The molecule has 154 valence electrons. The van der Waals surface area contributed by atoms with E-state index < -0.39 is 0 Å². The number of carbonyl (C=O) groups is 2. The smallest absolute Gasteiger partial charge is 0.222 e. The van der Waals surface area contributed by atoms with Gasteiger partial charge in [0, 0.05) is 51.5 Å². The zero-order valence-electron chi connectivity index (χ0n) is 17.1. The van der Waals surface area contributed by atoms with Gasteiger partial charge in [0.05, 0.1) is 13.7 Å². The molecule has 2 aliphatic heterocycles. The number of piperidine rings is 2. The largest absolute Gasteiger partial charge is 0.497 e. The topological polar surface area (TPSA) is 59.1 Å². The molecule has 1 spiro atoms. The van der Waals surface area contributed by atoms with E-state index in [4.69, 9.17) is 9.47 Å². The Morgan fingerprint density at radius 1 is 1.21 bits per heavy atom. The second kappa shape index (κ2) is 9.41. The van der Waals surface area contributed by atoms with Crippen LogP contribution in [-0.2, 0) is 20.7 Å². The number of amides is 2. The van der Waals surface area contributed by atoms with Crippen molar-refractivity contribution in [1.82, 2.24) is 9.80 Å². The molecule has 0 bridgehead atoms. The monoisotopic (exact) mass is 388 g/mol. The van der Waals surface area contributed by atoms with Gasteiger partial charge in [-0.3, -0.25) is 9.59 Å². The second-order valence-electron chi connectivity index (χ2n) is 8.08. The highest BCUT2D eigenvalue weighted by molar-refractivity contribution is 5.78. The Hall–Kier alpha value is -2.08. The first-order valence-corrected chi connectivity index (χ1v) is 10.2. The molecule has 0 saturated carbocycles. The average Bonchev–Trinajstić information content (AvgIpc) is 2.73. The van der Waals surface area contributed by atoms with Crippen LogP contribution < -0.4 is 4.74 Å². The summed E-state index contributed by atoms with van der Waals surface area (Å²) in [6, 6.07) is 7.90. The van der Waals surface area contributed by atoms with Gasteiger partial charge in [-0.25, -0.2) is 0 Å². The van der Waals surface area contributed by atoms with Gasteiger partial charge in [0.15, 0.2) is 0 Å². The molecule has 1 atom stereocenters. The van der Waals surface area contributed by atoms with Crippen LogP contribution in [0.2, 0.25) is 0 Å². The molecular weight excluding hydrogens is 356 g/mol. The Labute approximate surface area is 167 Å². The number of hydrogen-bond donors (Lipinski definition) is 0. The highest BCUT2D eigenvalue weighted by Crippen LogP contribution is 2.39. The SMILES string of the molecule is COCCN1CC2(CCCN(C(=O)CCc3cccc(OC)c3)C2)CCC1=O. The number of hydrogen-bond acceptors (Lipinski definition) is 4. The van der Waals surface area contributed by atoms with Crippen molar-refractivity contribution in [2.75, 3.05) is 47.0 Å². The fourth-order valence-corrected chi connectivity index (χ4v) is 4.50. The molecule has 0 radical (unpaired) electrons. The van der Waals surface area contributed by atoms with Gasteiger partial charge in [0.25, 0.3) is 0 Å². The summed E-state index contributed by atoms with van der Waals surface area (Å²) in [4.78, 5) is 29.0. The van der Waals surface area contributed by atoms with E-state index in [0.717, 1.165) is 56.6 Å². The average molecular weight is 389 g/mol. The maximum absolute atomic E-state index is 12.9. The third-order valence-corrected chi connectivity index (χ3v) is 6.09. The van der Waals surface area contributed by atoms with E-state index in [1.165, 1.54) is 0 Å². The molecule has 1 unspecified atom stereocenters. The minimum Gasteiger partial charge on any atom is -0.497 e. The van der Waals surface area contributed by atoms with E-state index in [1.807, 2.05) is 34.1 Å². The number of rotatable bonds is 7. The molecule has 2 aliphatic rings. The van der Waals surface area contributed by atoms with E-state index in [1.54, 1.807) is 14.2 Å². The molecule has 28 heavy (non-hydrogen) atoms. The van der Waals surface area contributed by atoms with Gasteiger partial charge in [-0.2, -0.15) is 0 Å². The van der Waals surface area contributed by atoms with Crippen molar-refractivity contribution in [3.8, 4) is 5.75 Å². The van der Waals surface area contributed by atoms with Crippen LogP contribution in [0.25, 0.3) is 0 Å². The van der Waals surface area contributed by atoms with E-state index >= 15 is 0 Å². The van der Waals surface area contributed by atoms with Crippen molar-refractivity contribution in [3.05, 3.63) is 29.8 Å². The van der Waals surface area contributed by atoms with Crippen molar-refractivity contribution >= 4 is 11.8 Å². The molecule has 2 fully saturated rings. The van der Waals surface area contributed by atoms with Crippen molar-refractivity contribution in [2.24, 2.45) is 5.41 Å². The van der Waals surface area contributed by atoms with Gasteiger partial charge >= 0.3 is 0 Å². The van der Waals surface area contributed by atoms with E-state index in [-0.39, 0.29) is 17.2 Å². The van der Waals surface area contributed by atoms with Gasteiger partial charge in [0.2, 0.25) is 11.8 Å². The van der Waals surface area contributed by atoms with Gasteiger partial charge in [-0.05, 0) is 43.4 Å². The summed E-state index contributed by atoms with van der Waals surface area (Å²) in [6.45, 7) is 3.53. The summed E-state index contributed by atoms with van der Waals surface area (Å²) >= 11 is 0. The van der Waals surface area contributed by atoms with Gasteiger partial charge < -0.3 is 19.3 Å². The molecule has 6 nitrogen and oxygen atoms in total. The van der Waals surface area contributed by atoms with E-state index in [2.05, 4.69) is 0 Å². The Morgan fingerprint density at radius 3 is 2.86 bits per heavy atom. The zero-order chi connectivity index (χ0) is 20.0. The maximum Gasteiger partial charge on any atom is 0.222 e. The van der Waals surface area contributed by atoms with Gasteiger partial charge in [0.1, 0.15) is 5.75 Å². The summed E-state index contributed by atoms with van der Waals surface area (Å²) in [5, 5.41) is 0. The lowest BCUT2D eigenvalue weighted by Gasteiger charge is -2.48. The third-order valence-electron chi connectivity index (χ3n) is 6.09. The number of ether oxygens (including phenoxy) is 2. The second-order valence-corrected chi connectivity index (χ2v) is 8.08. The predicted octanol–water partition coefficient (Wildman–Crippen LogP) is 2.51. The third kappa shape index (κ3) is 5.04. The van der Waals surface area contributed by atoms with Crippen molar-refractivity contribution < 1.29 is 19.1 Å². The minimum absolute atomic E-state index is 0.0472. The highest BCUT2D eigenvalue weighted by Gasteiger charge is 2.42. The number of aryl methyl sites for hydroxylation is 1. The first-order valence-electron chi connectivity index (χ1n) is 10.2. The van der Waals surface area contributed by atoms with Crippen LogP contribution in [0, 0.1) is 5.41 Å².